The van der Waals surface area contributed by atoms with E-state index in [0.29, 0.717) is 13.0 Å². The summed E-state index contributed by atoms with van der Waals surface area (Å²) in [6.07, 6.45) is 2.06. The summed E-state index contributed by atoms with van der Waals surface area (Å²) in [6.45, 7) is 0.900. The highest BCUT2D eigenvalue weighted by atomic mass is 19.3. The molecule has 5 heteroatoms. The molecule has 2 aliphatic rings. The Morgan fingerprint density at radius 3 is 2.80 bits per heavy atom. The zero-order valence-electron chi connectivity index (χ0n) is 8.64. The maximum atomic E-state index is 13.1. The lowest BCUT2D eigenvalue weighted by Gasteiger charge is -2.33. The van der Waals surface area contributed by atoms with Gasteiger partial charge in [0.15, 0.2) is 0 Å². The van der Waals surface area contributed by atoms with Crippen molar-refractivity contribution in [2.75, 3.05) is 19.6 Å². The number of hydrogen-bond acceptors (Lipinski definition) is 2. The molecule has 1 atom stereocenters. The maximum absolute atomic E-state index is 13.1. The Kier molecular flexibility index (Phi) is 2.91. The fourth-order valence-corrected chi connectivity index (χ4v) is 2.27. The monoisotopic (exact) mass is 218 g/mol. The van der Waals surface area contributed by atoms with Crippen molar-refractivity contribution >= 4 is 5.91 Å². The van der Waals surface area contributed by atoms with Gasteiger partial charge < -0.3 is 10.2 Å². The molecule has 2 saturated heterocycles. The summed E-state index contributed by atoms with van der Waals surface area (Å²) in [4.78, 5) is 13.1. The molecular formula is C10H16F2N2O. The van der Waals surface area contributed by atoms with Crippen molar-refractivity contribution in [2.24, 2.45) is 0 Å². The van der Waals surface area contributed by atoms with E-state index in [4.69, 9.17) is 0 Å². The van der Waals surface area contributed by atoms with Crippen molar-refractivity contribution in [3.63, 3.8) is 0 Å². The Bertz CT molecular complexity index is 252. The molecular weight excluding hydrogens is 202 g/mol. The number of nitrogens with one attached hydrogen (secondary N) is 1. The smallest absolute Gasteiger partial charge is 0.265 e. The van der Waals surface area contributed by atoms with Crippen LogP contribution in [0.5, 0.6) is 0 Å². The Morgan fingerprint density at radius 2 is 2.20 bits per heavy atom. The van der Waals surface area contributed by atoms with Crippen LogP contribution < -0.4 is 5.32 Å². The number of nitrogens with zero attached hydrogens (tertiary/aromatic N) is 1. The number of alkyl halides is 2. The maximum Gasteiger partial charge on any atom is 0.265 e. The van der Waals surface area contributed by atoms with Crippen molar-refractivity contribution in [1.29, 1.82) is 0 Å². The van der Waals surface area contributed by atoms with Crippen LogP contribution in [-0.2, 0) is 4.79 Å². The lowest BCUT2D eigenvalue weighted by molar-refractivity contribution is -0.143. The minimum absolute atomic E-state index is 0.0884. The van der Waals surface area contributed by atoms with Gasteiger partial charge in [0.25, 0.3) is 5.92 Å². The normalized spacial score (nSPS) is 30.5. The molecule has 0 aromatic heterocycles. The molecule has 0 saturated carbocycles. The van der Waals surface area contributed by atoms with Gasteiger partial charge in [-0.2, -0.15) is 0 Å². The van der Waals surface area contributed by atoms with E-state index in [1.807, 2.05) is 0 Å². The summed E-state index contributed by atoms with van der Waals surface area (Å²) in [5.41, 5.74) is 0. The highest BCUT2D eigenvalue weighted by molar-refractivity contribution is 5.82. The molecule has 2 fully saturated rings. The molecule has 86 valence electrons. The van der Waals surface area contributed by atoms with E-state index in [1.54, 1.807) is 0 Å². The average molecular weight is 218 g/mol. The summed E-state index contributed by atoms with van der Waals surface area (Å²) < 4.78 is 26.2. The zero-order chi connectivity index (χ0) is 10.9. The Hall–Kier alpha value is -0.710. The average Bonchev–Trinajstić information content (AvgIpc) is 2.67. The number of amides is 1. The van der Waals surface area contributed by atoms with Crippen molar-refractivity contribution < 1.29 is 13.6 Å². The minimum atomic E-state index is -2.69. The Balaban J connectivity index is 1.94. The third-order valence-corrected chi connectivity index (χ3v) is 3.06. The Labute approximate surface area is 87.8 Å². The molecule has 0 bridgehead atoms. The third kappa shape index (κ3) is 2.45. The molecule has 2 aliphatic heterocycles. The predicted molar refractivity (Wildman–Crippen MR) is 51.8 cm³/mol. The second-order valence-electron chi connectivity index (χ2n) is 4.37. The Morgan fingerprint density at radius 1 is 1.40 bits per heavy atom. The number of likely N-dealkylation sites (tertiary alicyclic amines) is 1. The van der Waals surface area contributed by atoms with Gasteiger partial charge in [0.1, 0.15) is 0 Å². The van der Waals surface area contributed by atoms with E-state index in [1.165, 1.54) is 4.90 Å². The van der Waals surface area contributed by atoms with Crippen LogP contribution in [0.1, 0.15) is 25.7 Å². The molecule has 2 rings (SSSR count). The second kappa shape index (κ2) is 4.04. The van der Waals surface area contributed by atoms with Crippen molar-refractivity contribution in [3.8, 4) is 0 Å². The SMILES string of the molecule is O=C([C@@H]1CCCN1)N1CCCC(F)(F)C1. The molecule has 3 nitrogen and oxygen atoms in total. The zero-order valence-corrected chi connectivity index (χ0v) is 8.64. The molecule has 0 radical (unpaired) electrons. The summed E-state index contributed by atoms with van der Waals surface area (Å²) in [7, 11) is 0. The van der Waals surface area contributed by atoms with Gasteiger partial charge in [0.2, 0.25) is 5.91 Å². The molecule has 0 aromatic carbocycles. The molecule has 1 N–H and O–H groups in total. The summed E-state index contributed by atoms with van der Waals surface area (Å²) in [6, 6.07) is -0.223. The van der Waals surface area contributed by atoms with Crippen LogP contribution >= 0.6 is 0 Å². The first kappa shape index (κ1) is 10.8. The van der Waals surface area contributed by atoms with Crippen LogP contribution in [0.15, 0.2) is 0 Å². The summed E-state index contributed by atoms with van der Waals surface area (Å²) in [5, 5.41) is 3.04. The molecule has 0 aromatic rings. The quantitative estimate of drug-likeness (QED) is 0.712. The first-order valence-electron chi connectivity index (χ1n) is 5.48. The fraction of sp³-hybridized carbons (Fsp3) is 0.900. The standard InChI is InChI=1S/C10H16F2N2O/c11-10(12)4-2-6-14(7-10)9(15)8-3-1-5-13-8/h8,13H,1-7H2/t8-/m0/s1. The molecule has 0 aliphatic carbocycles. The van der Waals surface area contributed by atoms with Gasteiger partial charge in [0, 0.05) is 13.0 Å². The minimum Gasteiger partial charge on any atom is -0.335 e. The van der Waals surface area contributed by atoms with E-state index in [0.717, 1.165) is 19.4 Å². The van der Waals surface area contributed by atoms with Crippen molar-refractivity contribution in [1.82, 2.24) is 10.2 Å². The number of rotatable bonds is 1. The van der Waals surface area contributed by atoms with Gasteiger partial charge in [-0.15, -0.1) is 0 Å². The van der Waals surface area contributed by atoms with Gasteiger partial charge >= 0.3 is 0 Å². The van der Waals surface area contributed by atoms with Crippen LogP contribution in [0.25, 0.3) is 0 Å². The number of halogens is 2. The highest BCUT2D eigenvalue weighted by Crippen LogP contribution is 2.27. The third-order valence-electron chi connectivity index (χ3n) is 3.06. The van der Waals surface area contributed by atoms with E-state index >= 15 is 0 Å². The molecule has 0 unspecified atom stereocenters. The number of carbonyl (C=O) groups excluding carboxylic acids is 1. The van der Waals surface area contributed by atoms with E-state index in [9.17, 15) is 13.6 Å². The lowest BCUT2D eigenvalue weighted by Crippen LogP contribution is -2.51. The second-order valence-corrected chi connectivity index (χ2v) is 4.37. The largest absolute Gasteiger partial charge is 0.335 e. The van der Waals surface area contributed by atoms with E-state index in [-0.39, 0.29) is 18.4 Å². The number of piperidine rings is 1. The summed E-state index contributed by atoms with van der Waals surface area (Å²) >= 11 is 0. The van der Waals surface area contributed by atoms with Crippen LogP contribution in [-0.4, -0.2) is 42.4 Å². The van der Waals surface area contributed by atoms with Gasteiger partial charge in [0.05, 0.1) is 12.6 Å². The van der Waals surface area contributed by atoms with Crippen molar-refractivity contribution in [2.45, 2.75) is 37.6 Å². The fourth-order valence-electron chi connectivity index (χ4n) is 2.27. The number of carbonyl (C=O) groups is 1. The molecule has 15 heavy (non-hydrogen) atoms. The van der Waals surface area contributed by atoms with Gasteiger partial charge in [-0.25, -0.2) is 8.78 Å². The van der Waals surface area contributed by atoms with Gasteiger partial charge in [-0.05, 0) is 25.8 Å². The topological polar surface area (TPSA) is 32.3 Å². The lowest BCUT2D eigenvalue weighted by atomic mass is 10.1. The molecule has 0 spiro atoms. The van der Waals surface area contributed by atoms with Crippen LogP contribution in [0.4, 0.5) is 8.78 Å². The number of hydrogen-bond donors (Lipinski definition) is 1. The van der Waals surface area contributed by atoms with Crippen LogP contribution in [0.2, 0.25) is 0 Å². The highest BCUT2D eigenvalue weighted by Gasteiger charge is 2.39. The van der Waals surface area contributed by atoms with Gasteiger partial charge in [-0.3, -0.25) is 4.79 Å². The molecule has 2 heterocycles. The van der Waals surface area contributed by atoms with Crippen LogP contribution in [0.3, 0.4) is 0 Å². The first-order valence-corrected chi connectivity index (χ1v) is 5.48. The van der Waals surface area contributed by atoms with Gasteiger partial charge in [-0.1, -0.05) is 0 Å². The summed E-state index contributed by atoms with van der Waals surface area (Å²) in [5.74, 6) is -2.83. The molecule has 1 amide bonds. The van der Waals surface area contributed by atoms with E-state index in [2.05, 4.69) is 5.32 Å². The van der Waals surface area contributed by atoms with E-state index < -0.39 is 12.5 Å². The first-order chi connectivity index (χ1) is 7.08. The predicted octanol–water partition coefficient (Wildman–Crippen LogP) is 0.996. The van der Waals surface area contributed by atoms with Crippen molar-refractivity contribution in [3.05, 3.63) is 0 Å². The van der Waals surface area contributed by atoms with Crippen LogP contribution in [0, 0.1) is 0 Å².